The number of nitrogens with one attached hydrogen (secondary N) is 2. The summed E-state index contributed by atoms with van der Waals surface area (Å²) in [7, 11) is 0. The molecule has 2 heterocycles. The Bertz CT molecular complexity index is 573. The molecule has 0 unspecified atom stereocenters. The van der Waals surface area contributed by atoms with Gasteiger partial charge in [0.05, 0.1) is 4.92 Å². The molecule has 8 nitrogen and oxygen atoms in total. The Hall–Kier alpha value is -2.38. The monoisotopic (exact) mass is 293 g/mol. The van der Waals surface area contributed by atoms with Crippen molar-refractivity contribution in [2.45, 2.75) is 26.3 Å². The minimum Gasteiger partial charge on any atom is -0.370 e. The number of nitrogens with zero attached hydrogens (tertiary/aromatic N) is 3. The number of rotatable bonds is 4. The van der Waals surface area contributed by atoms with Crippen LogP contribution in [0, 0.1) is 10.1 Å². The molecule has 1 saturated heterocycles. The number of pyridine rings is 1. The predicted octanol–water partition coefficient (Wildman–Crippen LogP) is 1.14. The lowest BCUT2D eigenvalue weighted by molar-refractivity contribution is -0.384. The fourth-order valence-electron chi connectivity index (χ4n) is 2.33. The minimum atomic E-state index is -0.888. The van der Waals surface area contributed by atoms with E-state index in [9.17, 15) is 14.9 Å². The molecule has 114 valence electrons. The Morgan fingerprint density at radius 3 is 2.86 bits per heavy atom. The number of carbonyl (C=O) groups excluding carboxylic acids is 1. The molecule has 0 spiro atoms. The molecule has 0 bridgehead atoms. The zero-order valence-corrected chi connectivity index (χ0v) is 12.3. The molecule has 2 rings (SSSR count). The van der Waals surface area contributed by atoms with Gasteiger partial charge in [0.25, 0.3) is 0 Å². The molecule has 8 heteroatoms. The second-order valence-corrected chi connectivity index (χ2v) is 5.29. The molecule has 1 fully saturated rings. The van der Waals surface area contributed by atoms with Crippen LogP contribution in [0.25, 0.3) is 0 Å². The zero-order chi connectivity index (χ0) is 15.6. The van der Waals surface area contributed by atoms with Gasteiger partial charge in [-0.25, -0.2) is 4.98 Å². The van der Waals surface area contributed by atoms with Crippen LogP contribution in [0.15, 0.2) is 12.1 Å². The quantitative estimate of drug-likeness (QED) is 0.637. The van der Waals surface area contributed by atoms with E-state index in [2.05, 4.69) is 15.6 Å². The average Bonchev–Trinajstić information content (AvgIpc) is 2.42. The van der Waals surface area contributed by atoms with E-state index < -0.39 is 10.5 Å². The van der Waals surface area contributed by atoms with E-state index in [1.54, 1.807) is 24.8 Å². The summed E-state index contributed by atoms with van der Waals surface area (Å²) < 4.78 is 0. The lowest BCUT2D eigenvalue weighted by atomic mass is 9.98. The number of carbonyl (C=O) groups is 1. The van der Waals surface area contributed by atoms with Gasteiger partial charge in [-0.1, -0.05) is 0 Å². The van der Waals surface area contributed by atoms with Crippen LogP contribution < -0.4 is 15.5 Å². The molecular weight excluding hydrogens is 274 g/mol. The van der Waals surface area contributed by atoms with Gasteiger partial charge in [-0.05, 0) is 26.8 Å². The van der Waals surface area contributed by atoms with Gasteiger partial charge in [-0.15, -0.1) is 0 Å². The number of hydrogen-bond donors (Lipinski definition) is 2. The van der Waals surface area contributed by atoms with Crippen molar-refractivity contribution in [3.63, 3.8) is 0 Å². The topological polar surface area (TPSA) is 100 Å². The lowest BCUT2D eigenvalue weighted by Crippen LogP contribution is -2.62. The highest BCUT2D eigenvalue weighted by Gasteiger charge is 2.41. The van der Waals surface area contributed by atoms with Crippen molar-refractivity contribution in [3.8, 4) is 0 Å². The Kier molecular flexibility index (Phi) is 3.97. The van der Waals surface area contributed by atoms with Crippen LogP contribution in [0.3, 0.4) is 0 Å². The summed E-state index contributed by atoms with van der Waals surface area (Å²) >= 11 is 0. The maximum atomic E-state index is 12.0. The summed E-state index contributed by atoms with van der Waals surface area (Å²) in [6.45, 7) is 6.95. The first-order valence-corrected chi connectivity index (χ1v) is 6.83. The summed E-state index contributed by atoms with van der Waals surface area (Å²) in [4.78, 5) is 28.8. The predicted molar refractivity (Wildman–Crippen MR) is 79.5 cm³/mol. The normalized spacial score (nSPS) is 17.3. The molecule has 1 aromatic rings. The van der Waals surface area contributed by atoms with Crippen molar-refractivity contribution in [1.82, 2.24) is 10.3 Å². The van der Waals surface area contributed by atoms with E-state index in [0.717, 1.165) is 0 Å². The first kappa shape index (κ1) is 15.0. The van der Waals surface area contributed by atoms with Gasteiger partial charge in [0.2, 0.25) is 11.7 Å². The average molecular weight is 293 g/mol. The molecule has 0 aliphatic carbocycles. The maximum absolute atomic E-state index is 12.0. The molecular formula is C13H19N5O3. The first-order valence-electron chi connectivity index (χ1n) is 6.83. The van der Waals surface area contributed by atoms with Crippen molar-refractivity contribution >= 4 is 23.2 Å². The Balaban J connectivity index is 2.51. The number of anilines is 2. The summed E-state index contributed by atoms with van der Waals surface area (Å²) in [6, 6.07) is 2.99. The van der Waals surface area contributed by atoms with Crippen LogP contribution in [0.4, 0.5) is 17.3 Å². The van der Waals surface area contributed by atoms with E-state index in [0.29, 0.717) is 25.5 Å². The molecule has 1 aliphatic rings. The third-order valence-corrected chi connectivity index (χ3v) is 3.52. The first-order chi connectivity index (χ1) is 9.87. The minimum absolute atomic E-state index is 0.0978. The Labute approximate surface area is 122 Å². The molecule has 0 radical (unpaired) electrons. The number of piperazine rings is 1. The maximum Gasteiger partial charge on any atom is 0.311 e. The van der Waals surface area contributed by atoms with Crippen molar-refractivity contribution < 1.29 is 9.72 Å². The van der Waals surface area contributed by atoms with E-state index in [1.165, 1.54) is 6.07 Å². The SMILES string of the molecule is CCNc1ccc([N+](=O)[O-])c(N2CCNC(=O)C2(C)C)n1. The van der Waals surface area contributed by atoms with E-state index >= 15 is 0 Å². The van der Waals surface area contributed by atoms with Crippen LogP contribution in [-0.2, 0) is 4.79 Å². The second kappa shape index (κ2) is 5.55. The standard InChI is InChI=1S/C13H19N5O3/c1-4-14-10-6-5-9(18(20)21)11(16-10)17-8-7-15-12(19)13(17,2)3/h5-6H,4,7-8H2,1-3H3,(H,14,16)(H,15,19). The smallest absolute Gasteiger partial charge is 0.311 e. The van der Waals surface area contributed by atoms with E-state index in [4.69, 9.17) is 0 Å². The van der Waals surface area contributed by atoms with Gasteiger partial charge in [0, 0.05) is 25.7 Å². The van der Waals surface area contributed by atoms with Crippen LogP contribution >= 0.6 is 0 Å². The third-order valence-electron chi connectivity index (χ3n) is 3.52. The molecule has 21 heavy (non-hydrogen) atoms. The van der Waals surface area contributed by atoms with Crippen molar-refractivity contribution in [2.75, 3.05) is 29.9 Å². The van der Waals surface area contributed by atoms with E-state index in [1.807, 2.05) is 6.92 Å². The molecule has 1 aromatic heterocycles. The number of hydrogen-bond acceptors (Lipinski definition) is 6. The number of aromatic nitrogens is 1. The third kappa shape index (κ3) is 2.74. The fraction of sp³-hybridized carbons (Fsp3) is 0.538. The molecule has 2 N–H and O–H groups in total. The summed E-state index contributed by atoms with van der Waals surface area (Å²) in [5, 5.41) is 17.0. The highest BCUT2D eigenvalue weighted by molar-refractivity contribution is 5.91. The van der Waals surface area contributed by atoms with Crippen molar-refractivity contribution in [3.05, 3.63) is 22.2 Å². The molecule has 1 aliphatic heterocycles. The molecule has 0 saturated carbocycles. The highest BCUT2D eigenvalue weighted by atomic mass is 16.6. The second-order valence-electron chi connectivity index (χ2n) is 5.29. The highest BCUT2D eigenvalue weighted by Crippen LogP contribution is 2.33. The van der Waals surface area contributed by atoms with Gasteiger partial charge in [-0.2, -0.15) is 0 Å². The largest absolute Gasteiger partial charge is 0.370 e. The van der Waals surface area contributed by atoms with Crippen molar-refractivity contribution in [1.29, 1.82) is 0 Å². The van der Waals surface area contributed by atoms with Gasteiger partial charge in [0.15, 0.2) is 0 Å². The molecule has 0 atom stereocenters. The molecule has 1 amide bonds. The number of amides is 1. The van der Waals surface area contributed by atoms with E-state index in [-0.39, 0.29) is 17.4 Å². The number of nitro groups is 1. The fourth-order valence-corrected chi connectivity index (χ4v) is 2.33. The lowest BCUT2D eigenvalue weighted by Gasteiger charge is -2.41. The van der Waals surface area contributed by atoms with Gasteiger partial charge < -0.3 is 15.5 Å². The Morgan fingerprint density at radius 2 is 2.24 bits per heavy atom. The van der Waals surface area contributed by atoms with Gasteiger partial charge in [-0.3, -0.25) is 14.9 Å². The van der Waals surface area contributed by atoms with Crippen LogP contribution in [-0.4, -0.2) is 41.0 Å². The van der Waals surface area contributed by atoms with Gasteiger partial charge >= 0.3 is 5.69 Å². The summed E-state index contributed by atoms with van der Waals surface area (Å²) in [6.07, 6.45) is 0. The van der Waals surface area contributed by atoms with Crippen LogP contribution in [0.5, 0.6) is 0 Å². The Morgan fingerprint density at radius 1 is 1.52 bits per heavy atom. The van der Waals surface area contributed by atoms with Crippen molar-refractivity contribution in [2.24, 2.45) is 0 Å². The van der Waals surface area contributed by atoms with Gasteiger partial charge in [0.1, 0.15) is 11.4 Å². The summed E-state index contributed by atoms with van der Waals surface area (Å²) in [5.74, 6) is 0.608. The molecule has 0 aromatic carbocycles. The van der Waals surface area contributed by atoms with Crippen LogP contribution in [0.2, 0.25) is 0 Å². The summed E-state index contributed by atoms with van der Waals surface area (Å²) in [5.41, 5.74) is -0.986. The zero-order valence-electron chi connectivity index (χ0n) is 12.3. The van der Waals surface area contributed by atoms with Crippen LogP contribution in [0.1, 0.15) is 20.8 Å².